The number of amides is 3. The van der Waals surface area contributed by atoms with Crippen LogP contribution in [0.4, 0.5) is 5.69 Å². The van der Waals surface area contributed by atoms with E-state index < -0.39 is 59.6 Å². The number of ether oxygens (including phenoxy) is 2. The van der Waals surface area contributed by atoms with Crippen molar-refractivity contribution in [1.82, 2.24) is 10.2 Å². The van der Waals surface area contributed by atoms with Gasteiger partial charge in [0.15, 0.2) is 0 Å². The molecule has 11 heteroatoms. The molecule has 10 nitrogen and oxygen atoms in total. The number of nitrogens with one attached hydrogen (secondary N) is 1. The fraction of sp³-hybridized carbons (Fsp3) is 0.415. The van der Waals surface area contributed by atoms with Gasteiger partial charge in [0.2, 0.25) is 11.8 Å². The molecule has 274 valence electrons. The van der Waals surface area contributed by atoms with Gasteiger partial charge in [-0.2, -0.15) is 0 Å². The lowest BCUT2D eigenvalue weighted by molar-refractivity contribution is -0.162. The maximum absolute atomic E-state index is 15.0. The summed E-state index contributed by atoms with van der Waals surface area (Å²) in [6.07, 6.45) is 3.09. The monoisotopic (exact) mass is 771 g/mol. The molecule has 2 N–H and O–H groups in total. The quantitative estimate of drug-likeness (QED) is 0.117. The molecule has 1 spiro atoms. The molecule has 52 heavy (non-hydrogen) atoms. The Balaban J connectivity index is 1.37. The molecule has 3 heterocycles. The summed E-state index contributed by atoms with van der Waals surface area (Å²) < 4.78 is 13.0. The minimum Gasteiger partial charge on any atom is -0.455 e. The normalized spacial score (nSPS) is 26.3. The van der Waals surface area contributed by atoms with Crippen molar-refractivity contribution < 1.29 is 33.8 Å². The molecule has 0 aliphatic carbocycles. The van der Waals surface area contributed by atoms with Crippen molar-refractivity contribution in [3.05, 3.63) is 104 Å². The summed E-state index contributed by atoms with van der Waals surface area (Å²) in [6, 6.07) is 20.3. The Hall–Kier alpha value is -4.32. The first kappa shape index (κ1) is 37.4. The highest BCUT2D eigenvalue weighted by Gasteiger charge is 2.77. The summed E-state index contributed by atoms with van der Waals surface area (Å²) in [4.78, 5) is 59.7. The second-order valence-electron chi connectivity index (χ2n) is 13.9. The number of allylic oxidation sites excluding steroid dienone is 1. The number of benzene rings is 3. The number of aliphatic hydroxyl groups is 1. The van der Waals surface area contributed by atoms with E-state index in [4.69, 9.17) is 9.47 Å². The lowest BCUT2D eigenvalue weighted by Gasteiger charge is -2.39. The number of carbonyl (C=O) groups excluding carboxylic acids is 4. The Morgan fingerprint density at radius 3 is 2.48 bits per heavy atom. The third-order valence-electron chi connectivity index (χ3n) is 10.7. The molecule has 3 aromatic carbocycles. The first-order chi connectivity index (χ1) is 25.1. The van der Waals surface area contributed by atoms with Gasteiger partial charge < -0.3 is 29.7 Å². The zero-order valence-corrected chi connectivity index (χ0v) is 31.1. The summed E-state index contributed by atoms with van der Waals surface area (Å²) in [7, 11) is 0. The maximum atomic E-state index is 15.0. The number of esters is 1. The Morgan fingerprint density at radius 1 is 1.10 bits per heavy atom. The number of nitrogens with zero attached hydrogens (tertiary/aromatic N) is 2. The van der Waals surface area contributed by atoms with Crippen LogP contribution in [0.5, 0.6) is 0 Å². The Labute approximate surface area is 313 Å². The predicted octanol–water partition coefficient (Wildman–Crippen LogP) is 5.63. The molecular formula is C41H46BrN3O7. The molecule has 3 aliphatic rings. The van der Waals surface area contributed by atoms with Crippen LogP contribution in [0.2, 0.25) is 0 Å². The molecule has 6 rings (SSSR count). The molecular weight excluding hydrogens is 726 g/mol. The highest BCUT2D eigenvalue weighted by molar-refractivity contribution is 9.09. The Kier molecular flexibility index (Phi) is 11.3. The molecule has 3 saturated heterocycles. The predicted molar refractivity (Wildman–Crippen MR) is 203 cm³/mol. The number of alkyl halides is 1. The van der Waals surface area contributed by atoms with Crippen LogP contribution >= 0.6 is 15.9 Å². The van der Waals surface area contributed by atoms with Crippen LogP contribution in [-0.2, 0) is 28.7 Å². The van der Waals surface area contributed by atoms with Crippen molar-refractivity contribution in [3.8, 4) is 0 Å². The van der Waals surface area contributed by atoms with Gasteiger partial charge in [-0.25, -0.2) is 0 Å². The Bertz CT molecular complexity index is 1830. The first-order valence-corrected chi connectivity index (χ1v) is 18.8. The van der Waals surface area contributed by atoms with Gasteiger partial charge in [-0.1, -0.05) is 95.7 Å². The minimum atomic E-state index is -1.37. The molecule has 3 amide bonds. The maximum Gasteiger partial charge on any atom is 0.313 e. The van der Waals surface area contributed by atoms with Gasteiger partial charge in [0.25, 0.3) is 5.91 Å². The van der Waals surface area contributed by atoms with Crippen LogP contribution in [0, 0.1) is 11.8 Å². The highest BCUT2D eigenvalue weighted by Crippen LogP contribution is 2.61. The van der Waals surface area contributed by atoms with E-state index in [1.807, 2.05) is 79.7 Å². The molecule has 3 aromatic rings. The average molecular weight is 773 g/mol. The fourth-order valence-corrected chi connectivity index (χ4v) is 9.25. The van der Waals surface area contributed by atoms with Gasteiger partial charge in [0.1, 0.15) is 17.7 Å². The summed E-state index contributed by atoms with van der Waals surface area (Å²) in [5.41, 5.74) is -0.0696. The van der Waals surface area contributed by atoms with E-state index >= 15 is 4.79 Å². The smallest absolute Gasteiger partial charge is 0.313 e. The van der Waals surface area contributed by atoms with Crippen molar-refractivity contribution in [3.63, 3.8) is 0 Å². The number of hydrogen-bond acceptors (Lipinski definition) is 7. The van der Waals surface area contributed by atoms with Crippen LogP contribution in [0.1, 0.15) is 51.2 Å². The number of carbonyl (C=O) groups is 4. The second kappa shape index (κ2) is 15.7. The minimum absolute atomic E-state index is 0.161. The van der Waals surface area contributed by atoms with Gasteiger partial charge in [0.05, 0.1) is 36.6 Å². The molecule has 1 unspecified atom stereocenters. The van der Waals surface area contributed by atoms with Crippen molar-refractivity contribution in [2.75, 3.05) is 18.1 Å². The van der Waals surface area contributed by atoms with Gasteiger partial charge in [-0.3, -0.25) is 19.2 Å². The zero-order chi connectivity index (χ0) is 37.2. The van der Waals surface area contributed by atoms with Gasteiger partial charge in [0, 0.05) is 23.5 Å². The van der Waals surface area contributed by atoms with Crippen molar-refractivity contribution in [2.45, 2.75) is 80.3 Å². The van der Waals surface area contributed by atoms with Crippen LogP contribution in [-0.4, -0.2) is 81.5 Å². The number of hydrogen-bond donors (Lipinski definition) is 2. The number of anilines is 1. The third-order valence-corrected chi connectivity index (χ3v) is 11.6. The molecule has 9 atom stereocenters. The van der Waals surface area contributed by atoms with Gasteiger partial charge >= 0.3 is 5.97 Å². The third kappa shape index (κ3) is 6.70. The standard InChI is InChI=1S/C41H46BrN3O7/c1-5-8-18-32(47)43-25(4)35(27-15-10-9-11-16-27)51-40(50)33-34-38(48)45(29(7-3)24-46)37(41(34)23-31(42)36(33)52-41)39(49)44(21-6-2)30-20-19-26-14-12-13-17-28(26)22-30/h5-6,9-17,19-20,22,25,29,31,33-37,46H,1-2,7-8,18,21,23-24H2,3-4H3,(H,43,47)/t25-,29-,31?,33-,34+,35-,36-,37-,41+/m0/s1. The largest absolute Gasteiger partial charge is 0.455 e. The molecule has 2 bridgehead atoms. The lowest BCUT2D eigenvalue weighted by Crippen LogP contribution is -2.59. The fourth-order valence-electron chi connectivity index (χ4n) is 8.31. The van der Waals surface area contributed by atoms with Crippen LogP contribution in [0.15, 0.2) is 98.1 Å². The number of aliphatic hydroxyl groups excluding tert-OH is 1. The molecule has 3 fully saturated rings. The van der Waals surface area contributed by atoms with E-state index in [-0.39, 0.29) is 36.2 Å². The van der Waals surface area contributed by atoms with Crippen LogP contribution in [0.25, 0.3) is 10.8 Å². The van der Waals surface area contributed by atoms with E-state index in [9.17, 15) is 19.5 Å². The number of likely N-dealkylation sites (tertiary alicyclic amines) is 1. The second-order valence-corrected chi connectivity index (χ2v) is 15.1. The molecule has 0 radical (unpaired) electrons. The Morgan fingerprint density at radius 2 is 1.81 bits per heavy atom. The van der Waals surface area contributed by atoms with Crippen molar-refractivity contribution in [2.24, 2.45) is 11.8 Å². The zero-order valence-electron chi connectivity index (χ0n) is 29.5. The highest BCUT2D eigenvalue weighted by atomic mass is 79.9. The molecule has 3 aliphatic heterocycles. The number of rotatable bonds is 15. The van der Waals surface area contributed by atoms with Crippen LogP contribution < -0.4 is 10.2 Å². The molecule has 0 aromatic heterocycles. The van der Waals surface area contributed by atoms with Crippen LogP contribution in [0.3, 0.4) is 0 Å². The van der Waals surface area contributed by atoms with Gasteiger partial charge in [-0.05, 0) is 54.7 Å². The SMILES string of the molecule is C=CCCC(=O)N[C@@H](C)[C@H](OC(=O)[C@@H]1[C@H]2O[C@@]3(CC2Br)[C@H](C(=O)N(CC=C)c2ccc4ccccc4c2)N([C@@H](CC)CO)C(=O)[C@@H]13)c1ccccc1. The number of fused-ring (bicyclic) bond motifs is 2. The van der Waals surface area contributed by atoms with Gasteiger partial charge in [-0.15, -0.1) is 13.2 Å². The lowest BCUT2D eigenvalue weighted by atomic mass is 9.70. The summed E-state index contributed by atoms with van der Waals surface area (Å²) in [5, 5.41) is 15.5. The average Bonchev–Trinajstić information content (AvgIpc) is 3.75. The van der Waals surface area contributed by atoms with E-state index in [0.717, 1.165) is 10.8 Å². The van der Waals surface area contributed by atoms with E-state index in [1.165, 1.54) is 4.90 Å². The summed E-state index contributed by atoms with van der Waals surface area (Å²) in [6.45, 7) is 11.0. The summed E-state index contributed by atoms with van der Waals surface area (Å²) in [5.74, 6) is -3.76. The van der Waals surface area contributed by atoms with E-state index in [0.29, 0.717) is 30.5 Å². The number of halogens is 1. The molecule has 0 saturated carbocycles. The van der Waals surface area contributed by atoms with Crippen molar-refractivity contribution in [1.29, 1.82) is 0 Å². The topological polar surface area (TPSA) is 125 Å². The summed E-state index contributed by atoms with van der Waals surface area (Å²) >= 11 is 3.74. The van der Waals surface area contributed by atoms with Crippen molar-refractivity contribution >= 4 is 56.1 Å². The van der Waals surface area contributed by atoms with E-state index in [2.05, 4.69) is 34.4 Å². The first-order valence-electron chi connectivity index (χ1n) is 17.9. The van der Waals surface area contributed by atoms with E-state index in [1.54, 1.807) is 24.0 Å².